The van der Waals surface area contributed by atoms with E-state index in [9.17, 15) is 9.59 Å². The second-order valence-corrected chi connectivity index (χ2v) is 11.6. The number of nitrogens with zero attached hydrogens (tertiary/aromatic N) is 2. The Balaban J connectivity index is 0.00000101. The van der Waals surface area contributed by atoms with Crippen molar-refractivity contribution >= 4 is 23.0 Å². The molecule has 1 aliphatic carbocycles. The fraction of sp³-hybridized carbons (Fsp3) is 0.667. The van der Waals surface area contributed by atoms with Gasteiger partial charge in [0.1, 0.15) is 0 Å². The summed E-state index contributed by atoms with van der Waals surface area (Å²) >= 11 is 0.796. The number of hydrogen-bond donors (Lipinski definition) is 1. The fourth-order valence-corrected chi connectivity index (χ4v) is 5.67. The molecule has 8 nitrogen and oxygen atoms in total. The summed E-state index contributed by atoms with van der Waals surface area (Å²) in [6.45, 7) is 15.8. The number of allylic oxidation sites excluding steroid dienone is 4. The Morgan fingerprint density at radius 1 is 1.07 bits per heavy atom. The Morgan fingerprint density at radius 2 is 1.76 bits per heavy atom. The maximum Gasteiger partial charge on any atom is 0.364 e. The number of carbonyl (C=O) groups excluding carboxylic acids is 1. The average Bonchev–Trinajstić information content (AvgIpc) is 3.85. The minimum atomic E-state index is -0.829. The van der Waals surface area contributed by atoms with E-state index in [2.05, 4.69) is 54.0 Å². The lowest BCUT2D eigenvalue weighted by atomic mass is 9.93. The highest BCUT2D eigenvalue weighted by molar-refractivity contribution is 8.12. The summed E-state index contributed by atoms with van der Waals surface area (Å²) in [5.74, 6) is 2.82. The van der Waals surface area contributed by atoms with E-state index in [1.165, 1.54) is 30.2 Å². The maximum atomic E-state index is 13.5. The summed E-state index contributed by atoms with van der Waals surface area (Å²) < 4.78 is 16.9. The molecule has 1 amide bonds. The number of carboxylic acid groups (broad SMARTS) is 1. The second-order valence-electron chi connectivity index (χ2n) is 10.9. The third-order valence-corrected chi connectivity index (χ3v) is 8.35. The van der Waals surface area contributed by atoms with Crippen molar-refractivity contribution in [2.75, 3.05) is 46.3 Å². The van der Waals surface area contributed by atoms with Crippen molar-refractivity contribution in [2.24, 2.45) is 0 Å². The van der Waals surface area contributed by atoms with Crippen molar-refractivity contribution in [1.82, 2.24) is 9.80 Å². The van der Waals surface area contributed by atoms with Crippen LogP contribution in [0.25, 0.3) is 0 Å². The molecule has 1 N–H and O–H groups in total. The van der Waals surface area contributed by atoms with E-state index in [1.54, 1.807) is 7.11 Å². The van der Waals surface area contributed by atoms with Crippen LogP contribution >= 0.6 is 11.8 Å². The number of methoxy groups -OCH3 is 1. The Morgan fingerprint density at radius 3 is 2.36 bits per heavy atom. The smallest absolute Gasteiger partial charge is 0.364 e. The van der Waals surface area contributed by atoms with Gasteiger partial charge < -0.3 is 24.2 Å². The summed E-state index contributed by atoms with van der Waals surface area (Å²) in [5.41, 5.74) is 2.71. The number of likely N-dealkylation sites (tertiary alicyclic amines) is 1. The molecule has 2 unspecified atom stereocenters. The standard InChI is InChI=1S/C30H44N2O4.C2H4O2S.2C2H6/c1-4-6-10-16-31(15-7-5-2)29(33)21-32-20-25(17-26(32)14-13-23-11-8-9-12-23)24-18-27(34-3)30-28(19-24)35-22-36-30;1-5-2(3)4;2*1-2/h8-9,11,18-19,25-26H,4-7,10,12-17,20-22H2,1-3H3;1H3,(H,3,4);2*1-2H3. The van der Waals surface area contributed by atoms with Crippen LogP contribution in [0, 0.1) is 0 Å². The summed E-state index contributed by atoms with van der Waals surface area (Å²) in [6.07, 6.45) is 18.1. The normalized spacial score (nSPS) is 17.6. The van der Waals surface area contributed by atoms with Crippen LogP contribution in [-0.4, -0.2) is 78.5 Å². The Hall–Kier alpha value is -2.65. The molecule has 1 saturated heterocycles. The molecule has 1 fully saturated rings. The number of unbranched alkanes of at least 4 members (excludes halogenated alkanes) is 3. The molecule has 1 aromatic rings. The average molecular weight is 649 g/mol. The van der Waals surface area contributed by atoms with Crippen molar-refractivity contribution in [3.8, 4) is 17.2 Å². The first kappa shape index (κ1) is 40.4. The molecule has 0 bridgehead atoms. The molecule has 2 heterocycles. The summed E-state index contributed by atoms with van der Waals surface area (Å²) in [4.78, 5) is 27.4. The maximum absolute atomic E-state index is 13.5. The number of thioether (sulfide) groups is 1. The Kier molecular flexibility index (Phi) is 21.2. The van der Waals surface area contributed by atoms with Gasteiger partial charge in [0.15, 0.2) is 11.5 Å². The highest BCUT2D eigenvalue weighted by atomic mass is 32.2. The molecule has 45 heavy (non-hydrogen) atoms. The van der Waals surface area contributed by atoms with Crippen molar-refractivity contribution in [2.45, 2.75) is 111 Å². The molecule has 0 aromatic heterocycles. The number of hydrogen-bond acceptors (Lipinski definition) is 7. The molecule has 0 saturated carbocycles. The number of carbonyl (C=O) groups is 2. The van der Waals surface area contributed by atoms with E-state index in [0.717, 1.165) is 87.8 Å². The first-order valence-electron chi connectivity index (χ1n) is 17.0. The first-order valence-corrected chi connectivity index (χ1v) is 18.2. The van der Waals surface area contributed by atoms with E-state index in [1.807, 2.05) is 27.7 Å². The van der Waals surface area contributed by atoms with Crippen LogP contribution in [0.15, 0.2) is 35.9 Å². The zero-order valence-corrected chi connectivity index (χ0v) is 30.0. The van der Waals surface area contributed by atoms with Gasteiger partial charge in [-0.15, -0.1) is 0 Å². The van der Waals surface area contributed by atoms with Gasteiger partial charge in [0.25, 0.3) is 0 Å². The molecule has 0 spiro atoms. The Labute approximate surface area is 277 Å². The summed E-state index contributed by atoms with van der Waals surface area (Å²) in [5, 5.41) is 6.86. The highest BCUT2D eigenvalue weighted by Crippen LogP contribution is 2.45. The fourth-order valence-electron chi connectivity index (χ4n) is 5.67. The van der Waals surface area contributed by atoms with Crippen molar-refractivity contribution < 1.29 is 28.9 Å². The van der Waals surface area contributed by atoms with Gasteiger partial charge in [-0.05, 0) is 80.2 Å². The quantitative estimate of drug-likeness (QED) is 0.200. The van der Waals surface area contributed by atoms with Gasteiger partial charge in [-0.3, -0.25) is 9.69 Å². The monoisotopic (exact) mass is 648 g/mol. The molecular weight excluding hydrogens is 588 g/mol. The van der Waals surface area contributed by atoms with Crippen molar-refractivity contribution in [1.29, 1.82) is 0 Å². The largest absolute Gasteiger partial charge is 0.493 e. The van der Waals surface area contributed by atoms with Crippen LogP contribution in [0.3, 0.4) is 0 Å². The lowest BCUT2D eigenvalue weighted by Gasteiger charge is -2.29. The van der Waals surface area contributed by atoms with E-state index in [0.29, 0.717) is 24.3 Å². The lowest BCUT2D eigenvalue weighted by Crippen LogP contribution is -2.43. The minimum Gasteiger partial charge on any atom is -0.493 e. The summed E-state index contributed by atoms with van der Waals surface area (Å²) in [6, 6.07) is 4.60. The second kappa shape index (κ2) is 23.7. The predicted molar refractivity (Wildman–Crippen MR) is 188 cm³/mol. The number of ether oxygens (including phenoxy) is 3. The minimum absolute atomic E-state index is 0.234. The number of fused-ring (bicyclic) bond motifs is 1. The molecule has 256 valence electrons. The van der Waals surface area contributed by atoms with Crippen LogP contribution < -0.4 is 14.2 Å². The SMILES string of the molecule is CC.CC.CCCCCN(CCCC)C(=O)CN1CC(c2cc(OC)c3c(c2)OCO3)CC1CCC1=CC=CC1.CSC(=O)O. The zero-order valence-electron chi connectivity index (χ0n) is 29.2. The van der Waals surface area contributed by atoms with Crippen molar-refractivity contribution in [3.05, 3.63) is 41.5 Å². The van der Waals surface area contributed by atoms with E-state index in [4.69, 9.17) is 19.3 Å². The van der Waals surface area contributed by atoms with Gasteiger partial charge in [-0.25, -0.2) is 4.79 Å². The third kappa shape index (κ3) is 13.7. The molecule has 9 heteroatoms. The molecule has 0 radical (unpaired) electrons. The molecule has 3 aliphatic rings. The van der Waals surface area contributed by atoms with Gasteiger partial charge in [0.05, 0.1) is 13.7 Å². The van der Waals surface area contributed by atoms with Gasteiger partial charge in [0, 0.05) is 25.7 Å². The third-order valence-electron chi connectivity index (χ3n) is 8.01. The Bertz CT molecular complexity index is 1060. The molecule has 4 rings (SSSR count). The van der Waals surface area contributed by atoms with Crippen LogP contribution in [-0.2, 0) is 4.79 Å². The molecular formula is C36H60N2O6S. The number of amides is 1. The lowest BCUT2D eigenvalue weighted by molar-refractivity contribution is -0.132. The van der Waals surface area contributed by atoms with Gasteiger partial charge >= 0.3 is 5.30 Å². The topological polar surface area (TPSA) is 88.5 Å². The van der Waals surface area contributed by atoms with Gasteiger partial charge in [-0.1, -0.05) is 84.6 Å². The van der Waals surface area contributed by atoms with Crippen LogP contribution in [0.4, 0.5) is 4.79 Å². The van der Waals surface area contributed by atoms with E-state index < -0.39 is 5.30 Å². The van der Waals surface area contributed by atoms with E-state index >= 15 is 0 Å². The first-order chi connectivity index (χ1) is 21.9. The zero-order chi connectivity index (χ0) is 33.6. The molecule has 2 aliphatic heterocycles. The number of benzene rings is 1. The molecule has 2 atom stereocenters. The van der Waals surface area contributed by atoms with E-state index in [-0.39, 0.29) is 12.7 Å². The number of rotatable bonds is 14. The van der Waals surface area contributed by atoms with Crippen LogP contribution in [0.2, 0.25) is 0 Å². The van der Waals surface area contributed by atoms with Gasteiger partial charge in [0.2, 0.25) is 18.4 Å². The molecule has 1 aromatic carbocycles. The van der Waals surface area contributed by atoms with Crippen LogP contribution in [0.1, 0.15) is 111 Å². The van der Waals surface area contributed by atoms with Crippen LogP contribution in [0.5, 0.6) is 17.2 Å². The van der Waals surface area contributed by atoms with Gasteiger partial charge in [-0.2, -0.15) is 0 Å². The highest BCUT2D eigenvalue weighted by Gasteiger charge is 2.36. The predicted octanol–water partition coefficient (Wildman–Crippen LogP) is 9.15. The summed E-state index contributed by atoms with van der Waals surface area (Å²) in [7, 11) is 1.68. The van der Waals surface area contributed by atoms with Crippen molar-refractivity contribution in [3.63, 3.8) is 0 Å².